The van der Waals surface area contributed by atoms with Gasteiger partial charge in [0.05, 0.1) is 22.8 Å². The highest BCUT2D eigenvalue weighted by Crippen LogP contribution is 2.17. The highest BCUT2D eigenvalue weighted by Gasteiger charge is 2.09. The van der Waals surface area contributed by atoms with E-state index >= 15 is 0 Å². The standard InChI is InChI=1S/C24H18BrFN4O3/c1-15-28-21-10-9-17(25)12-19(21)24(32)30(15)27-13-16-5-4-6-18(11-16)33-14-23(31)29-22-8-3-2-7-20(22)26/h2-13H,14H2,1H3,(H,29,31). The van der Waals surface area contributed by atoms with Crippen LogP contribution in [0.5, 0.6) is 5.75 Å². The molecule has 1 heterocycles. The highest BCUT2D eigenvalue weighted by molar-refractivity contribution is 9.10. The summed E-state index contributed by atoms with van der Waals surface area (Å²) in [6, 6.07) is 18.1. The number of para-hydroxylation sites is 1. The SMILES string of the molecule is Cc1nc2ccc(Br)cc2c(=O)n1N=Cc1cccc(OCC(=O)Nc2ccccc2F)c1. The van der Waals surface area contributed by atoms with Crippen LogP contribution in [0.4, 0.5) is 10.1 Å². The molecule has 0 spiro atoms. The van der Waals surface area contributed by atoms with Crippen LogP contribution in [-0.2, 0) is 4.79 Å². The number of hydrogen-bond donors (Lipinski definition) is 1. The summed E-state index contributed by atoms with van der Waals surface area (Å²) in [6.07, 6.45) is 1.51. The van der Waals surface area contributed by atoms with Crippen molar-refractivity contribution in [2.24, 2.45) is 5.10 Å². The maximum Gasteiger partial charge on any atom is 0.282 e. The fourth-order valence-corrected chi connectivity index (χ4v) is 3.46. The zero-order valence-corrected chi connectivity index (χ0v) is 19.0. The number of carbonyl (C=O) groups is 1. The second-order valence-electron chi connectivity index (χ2n) is 7.07. The predicted molar refractivity (Wildman–Crippen MR) is 128 cm³/mol. The fraction of sp³-hybridized carbons (Fsp3) is 0.0833. The zero-order valence-electron chi connectivity index (χ0n) is 17.5. The minimum Gasteiger partial charge on any atom is -0.484 e. The molecular formula is C24H18BrFN4O3. The Labute approximate surface area is 196 Å². The molecule has 1 amide bonds. The predicted octanol–water partition coefficient (Wildman–Crippen LogP) is 4.51. The molecule has 0 bridgehead atoms. The molecule has 33 heavy (non-hydrogen) atoms. The number of halogens is 2. The molecule has 0 aliphatic heterocycles. The lowest BCUT2D eigenvalue weighted by Gasteiger charge is -2.09. The first-order valence-electron chi connectivity index (χ1n) is 9.91. The van der Waals surface area contributed by atoms with Gasteiger partial charge in [-0.2, -0.15) is 9.78 Å². The molecule has 4 aromatic rings. The number of nitrogens with one attached hydrogen (secondary N) is 1. The lowest BCUT2D eigenvalue weighted by molar-refractivity contribution is -0.118. The van der Waals surface area contributed by atoms with Crippen LogP contribution in [0.1, 0.15) is 11.4 Å². The van der Waals surface area contributed by atoms with E-state index in [4.69, 9.17) is 4.74 Å². The quantitative estimate of drug-likeness (QED) is 0.388. The van der Waals surface area contributed by atoms with Crippen LogP contribution >= 0.6 is 15.9 Å². The van der Waals surface area contributed by atoms with Crippen molar-refractivity contribution >= 4 is 44.6 Å². The third kappa shape index (κ3) is 5.32. The molecule has 0 aliphatic carbocycles. The van der Waals surface area contributed by atoms with Gasteiger partial charge in [-0.3, -0.25) is 9.59 Å². The van der Waals surface area contributed by atoms with Gasteiger partial charge in [0.15, 0.2) is 6.61 Å². The highest BCUT2D eigenvalue weighted by atomic mass is 79.9. The van der Waals surface area contributed by atoms with Crippen molar-refractivity contribution in [3.05, 3.63) is 98.8 Å². The number of benzene rings is 3. The van der Waals surface area contributed by atoms with Crippen molar-refractivity contribution in [3.8, 4) is 5.75 Å². The van der Waals surface area contributed by atoms with E-state index in [1.807, 2.05) is 6.07 Å². The van der Waals surface area contributed by atoms with Crippen LogP contribution in [-0.4, -0.2) is 28.4 Å². The molecule has 0 unspecified atom stereocenters. The van der Waals surface area contributed by atoms with Crippen LogP contribution in [0, 0.1) is 12.7 Å². The van der Waals surface area contributed by atoms with Crippen LogP contribution in [0.15, 0.2) is 81.1 Å². The molecule has 1 aromatic heterocycles. The number of rotatable bonds is 6. The Morgan fingerprint density at radius 1 is 1.18 bits per heavy atom. The molecule has 0 atom stereocenters. The number of anilines is 1. The Kier molecular flexibility index (Phi) is 6.60. The largest absolute Gasteiger partial charge is 0.484 e. The molecule has 0 saturated heterocycles. The smallest absolute Gasteiger partial charge is 0.282 e. The molecule has 1 N–H and O–H groups in total. The Balaban J connectivity index is 1.48. The molecule has 0 aliphatic rings. The second-order valence-corrected chi connectivity index (χ2v) is 7.99. The Morgan fingerprint density at radius 2 is 2.00 bits per heavy atom. The summed E-state index contributed by atoms with van der Waals surface area (Å²) in [5.41, 5.74) is 1.05. The monoisotopic (exact) mass is 508 g/mol. The average molecular weight is 509 g/mol. The molecule has 0 radical (unpaired) electrons. The summed E-state index contributed by atoms with van der Waals surface area (Å²) in [5, 5.41) is 7.19. The van der Waals surface area contributed by atoms with Crippen LogP contribution < -0.4 is 15.6 Å². The summed E-state index contributed by atoms with van der Waals surface area (Å²) in [5.74, 6) is -0.143. The van der Waals surface area contributed by atoms with Crippen LogP contribution in [0.3, 0.4) is 0 Å². The summed E-state index contributed by atoms with van der Waals surface area (Å²) < 4.78 is 21.2. The van der Waals surface area contributed by atoms with Crippen molar-refractivity contribution in [1.29, 1.82) is 0 Å². The number of amides is 1. The maximum atomic E-state index is 13.7. The van der Waals surface area contributed by atoms with Gasteiger partial charge in [-0.25, -0.2) is 9.37 Å². The molecule has 3 aromatic carbocycles. The molecule has 166 valence electrons. The molecule has 4 rings (SSSR count). The Bertz CT molecular complexity index is 1440. The molecule has 0 fully saturated rings. The van der Waals surface area contributed by atoms with E-state index in [-0.39, 0.29) is 17.9 Å². The van der Waals surface area contributed by atoms with Gasteiger partial charge in [-0.05, 0) is 55.0 Å². The van der Waals surface area contributed by atoms with Crippen LogP contribution in [0.2, 0.25) is 0 Å². The van der Waals surface area contributed by atoms with E-state index < -0.39 is 11.7 Å². The lowest BCUT2D eigenvalue weighted by Crippen LogP contribution is -2.21. The number of ether oxygens (including phenoxy) is 1. The van der Waals surface area contributed by atoms with Gasteiger partial charge in [0.25, 0.3) is 11.5 Å². The van der Waals surface area contributed by atoms with Gasteiger partial charge < -0.3 is 10.1 Å². The third-order valence-corrected chi connectivity index (χ3v) is 5.16. The lowest BCUT2D eigenvalue weighted by atomic mass is 10.2. The van der Waals surface area contributed by atoms with E-state index in [1.54, 1.807) is 49.4 Å². The Morgan fingerprint density at radius 3 is 2.82 bits per heavy atom. The number of fused-ring (bicyclic) bond motifs is 1. The van der Waals surface area contributed by atoms with Gasteiger partial charge in [-0.15, -0.1) is 0 Å². The Hall–Kier alpha value is -3.85. The minimum atomic E-state index is -0.523. The second kappa shape index (κ2) is 9.74. The first-order valence-corrected chi connectivity index (χ1v) is 10.7. The zero-order chi connectivity index (χ0) is 23.4. The molecule has 7 nitrogen and oxygen atoms in total. The van der Waals surface area contributed by atoms with Crippen molar-refractivity contribution in [1.82, 2.24) is 9.66 Å². The van der Waals surface area contributed by atoms with E-state index in [0.717, 1.165) is 4.47 Å². The van der Waals surface area contributed by atoms with E-state index in [0.29, 0.717) is 28.0 Å². The number of aryl methyl sites for hydroxylation is 1. The summed E-state index contributed by atoms with van der Waals surface area (Å²) in [7, 11) is 0. The number of aromatic nitrogens is 2. The number of carbonyl (C=O) groups excluding carboxylic acids is 1. The normalized spacial score (nSPS) is 11.1. The molecular weight excluding hydrogens is 491 g/mol. The van der Waals surface area contributed by atoms with Crippen molar-refractivity contribution in [2.45, 2.75) is 6.92 Å². The fourth-order valence-electron chi connectivity index (χ4n) is 3.10. The van der Waals surface area contributed by atoms with Crippen molar-refractivity contribution in [2.75, 3.05) is 11.9 Å². The van der Waals surface area contributed by atoms with Crippen molar-refractivity contribution < 1.29 is 13.9 Å². The van der Waals surface area contributed by atoms with E-state index in [1.165, 1.54) is 29.1 Å². The van der Waals surface area contributed by atoms with Gasteiger partial charge in [0.2, 0.25) is 0 Å². The topological polar surface area (TPSA) is 85.6 Å². The van der Waals surface area contributed by atoms with Gasteiger partial charge >= 0.3 is 0 Å². The summed E-state index contributed by atoms with van der Waals surface area (Å²) >= 11 is 3.36. The van der Waals surface area contributed by atoms with E-state index in [2.05, 4.69) is 31.3 Å². The van der Waals surface area contributed by atoms with Crippen LogP contribution in [0.25, 0.3) is 10.9 Å². The molecule has 9 heteroatoms. The maximum absolute atomic E-state index is 13.7. The van der Waals surface area contributed by atoms with Gasteiger partial charge in [0.1, 0.15) is 17.4 Å². The minimum absolute atomic E-state index is 0.0869. The van der Waals surface area contributed by atoms with Gasteiger partial charge in [0, 0.05) is 4.47 Å². The van der Waals surface area contributed by atoms with E-state index in [9.17, 15) is 14.0 Å². The number of nitrogens with zero attached hydrogens (tertiary/aromatic N) is 3. The summed E-state index contributed by atoms with van der Waals surface area (Å²) in [4.78, 5) is 29.3. The van der Waals surface area contributed by atoms with Crippen molar-refractivity contribution in [3.63, 3.8) is 0 Å². The summed E-state index contributed by atoms with van der Waals surface area (Å²) in [6.45, 7) is 1.41. The first kappa shape index (κ1) is 22.3. The molecule has 0 saturated carbocycles. The van der Waals surface area contributed by atoms with Gasteiger partial charge in [-0.1, -0.05) is 40.2 Å². The third-order valence-electron chi connectivity index (χ3n) is 4.67. The first-order chi connectivity index (χ1) is 15.9. The number of hydrogen-bond acceptors (Lipinski definition) is 5. The average Bonchev–Trinajstić information content (AvgIpc) is 2.80.